The summed E-state index contributed by atoms with van der Waals surface area (Å²) in [5.41, 5.74) is 0.145. The molecule has 2 rings (SSSR count). The van der Waals surface area contributed by atoms with E-state index in [-0.39, 0.29) is 24.5 Å². The average molecular weight is 398 g/mol. The molecule has 152 valence electrons. The third-order valence-electron chi connectivity index (χ3n) is 3.91. The Morgan fingerprint density at radius 3 is 2.61 bits per heavy atom. The van der Waals surface area contributed by atoms with Crippen LogP contribution in [0.1, 0.15) is 17.5 Å². The summed E-state index contributed by atoms with van der Waals surface area (Å²) in [5, 5.41) is 14.3. The smallest absolute Gasteiger partial charge is 0.416 e. The predicted molar refractivity (Wildman–Crippen MR) is 98.7 cm³/mol. The van der Waals surface area contributed by atoms with Gasteiger partial charge in [-0.25, -0.2) is 0 Å². The van der Waals surface area contributed by atoms with Crippen molar-refractivity contribution >= 4 is 11.4 Å². The van der Waals surface area contributed by atoms with E-state index in [1.807, 2.05) is 0 Å². The van der Waals surface area contributed by atoms with Gasteiger partial charge >= 0.3 is 11.9 Å². The van der Waals surface area contributed by atoms with E-state index in [1.54, 1.807) is 19.2 Å². The Balaban J connectivity index is 2.02. The molecule has 9 heteroatoms. The Morgan fingerprint density at radius 2 is 1.93 bits per heavy atom. The normalized spacial score (nSPS) is 11.3. The molecule has 0 atom stereocenters. The maximum absolute atomic E-state index is 12.8. The number of nitro groups is 1. The van der Waals surface area contributed by atoms with E-state index in [9.17, 15) is 23.3 Å². The summed E-state index contributed by atoms with van der Waals surface area (Å²) in [6.45, 7) is 1.21. The molecule has 0 unspecified atom stereocenters. The first-order valence-corrected chi connectivity index (χ1v) is 8.61. The third-order valence-corrected chi connectivity index (χ3v) is 3.91. The van der Waals surface area contributed by atoms with Gasteiger partial charge in [-0.05, 0) is 24.1 Å². The molecule has 0 amide bonds. The van der Waals surface area contributed by atoms with Gasteiger partial charge in [0.05, 0.1) is 17.1 Å². The number of alkyl halides is 3. The van der Waals surface area contributed by atoms with Crippen LogP contribution in [0.5, 0.6) is 5.75 Å². The maximum atomic E-state index is 12.8. The molecular weight excluding hydrogens is 377 g/mol. The quantitative estimate of drug-likeness (QED) is 0.357. The molecule has 0 aliphatic heterocycles. The molecule has 1 N–H and O–H groups in total. The SMILES string of the molecule is COCCCNc1ccc([N+](=O)[O-])c(OCCc2cccc(C(F)(F)F)c2)c1. The minimum Gasteiger partial charge on any atom is -0.486 e. The summed E-state index contributed by atoms with van der Waals surface area (Å²) >= 11 is 0. The highest BCUT2D eigenvalue weighted by atomic mass is 19.4. The largest absolute Gasteiger partial charge is 0.486 e. The van der Waals surface area contributed by atoms with Gasteiger partial charge in [0.25, 0.3) is 0 Å². The molecule has 0 radical (unpaired) electrons. The number of nitrogens with zero attached hydrogens (tertiary/aromatic N) is 1. The van der Waals surface area contributed by atoms with Crippen LogP contribution in [0.3, 0.4) is 0 Å². The predicted octanol–water partition coefficient (Wildman–Crippen LogP) is 4.68. The van der Waals surface area contributed by atoms with Crippen LogP contribution in [0.15, 0.2) is 42.5 Å². The molecule has 0 aliphatic carbocycles. The Kier molecular flexibility index (Phi) is 7.62. The van der Waals surface area contributed by atoms with Crippen LogP contribution in [-0.2, 0) is 17.3 Å². The number of nitrogens with one attached hydrogen (secondary N) is 1. The van der Waals surface area contributed by atoms with E-state index >= 15 is 0 Å². The molecule has 2 aromatic rings. The minimum absolute atomic E-state index is 0.00920. The van der Waals surface area contributed by atoms with Crippen LogP contribution in [0.4, 0.5) is 24.5 Å². The fourth-order valence-electron chi connectivity index (χ4n) is 2.52. The van der Waals surface area contributed by atoms with Crippen LogP contribution in [-0.4, -0.2) is 31.8 Å². The zero-order valence-electron chi connectivity index (χ0n) is 15.3. The second kappa shape index (κ2) is 9.93. The molecule has 0 aromatic heterocycles. The van der Waals surface area contributed by atoms with Crippen molar-refractivity contribution in [2.45, 2.75) is 19.0 Å². The molecule has 0 bridgehead atoms. The fourth-order valence-corrected chi connectivity index (χ4v) is 2.52. The lowest BCUT2D eigenvalue weighted by atomic mass is 10.1. The molecule has 0 heterocycles. The molecule has 0 spiro atoms. The van der Waals surface area contributed by atoms with Gasteiger partial charge in [0.15, 0.2) is 5.75 Å². The number of rotatable bonds is 10. The Morgan fingerprint density at radius 1 is 1.14 bits per heavy atom. The van der Waals surface area contributed by atoms with Gasteiger partial charge in [-0.15, -0.1) is 0 Å². The lowest BCUT2D eigenvalue weighted by molar-refractivity contribution is -0.385. The number of anilines is 1. The summed E-state index contributed by atoms with van der Waals surface area (Å²) in [4.78, 5) is 10.6. The van der Waals surface area contributed by atoms with Crippen LogP contribution in [0.25, 0.3) is 0 Å². The third kappa shape index (κ3) is 6.41. The van der Waals surface area contributed by atoms with Gasteiger partial charge in [-0.2, -0.15) is 13.2 Å². The maximum Gasteiger partial charge on any atom is 0.416 e. The first-order chi connectivity index (χ1) is 13.3. The van der Waals surface area contributed by atoms with Crippen molar-refractivity contribution in [3.8, 4) is 5.75 Å². The van der Waals surface area contributed by atoms with Crippen molar-refractivity contribution < 1.29 is 27.6 Å². The number of ether oxygens (including phenoxy) is 2. The van der Waals surface area contributed by atoms with E-state index < -0.39 is 16.7 Å². The molecular formula is C19H21F3N2O4. The highest BCUT2D eigenvalue weighted by molar-refractivity contribution is 5.58. The van der Waals surface area contributed by atoms with E-state index in [1.165, 1.54) is 18.2 Å². The second-order valence-electron chi connectivity index (χ2n) is 6.01. The van der Waals surface area contributed by atoms with Crippen LogP contribution >= 0.6 is 0 Å². The average Bonchev–Trinajstić information content (AvgIpc) is 2.65. The first-order valence-electron chi connectivity index (χ1n) is 8.61. The topological polar surface area (TPSA) is 73.6 Å². The van der Waals surface area contributed by atoms with Gasteiger partial charge in [0, 0.05) is 44.5 Å². The summed E-state index contributed by atoms with van der Waals surface area (Å²) in [7, 11) is 1.60. The molecule has 0 saturated carbocycles. The van der Waals surface area contributed by atoms with E-state index in [0.29, 0.717) is 24.4 Å². The van der Waals surface area contributed by atoms with Crippen LogP contribution in [0.2, 0.25) is 0 Å². The molecule has 28 heavy (non-hydrogen) atoms. The van der Waals surface area contributed by atoms with Gasteiger partial charge < -0.3 is 14.8 Å². The van der Waals surface area contributed by atoms with Gasteiger partial charge in [0.1, 0.15) is 0 Å². The Bertz CT molecular complexity index is 797. The monoisotopic (exact) mass is 398 g/mol. The van der Waals surface area contributed by atoms with Gasteiger partial charge in [0.2, 0.25) is 0 Å². The summed E-state index contributed by atoms with van der Waals surface area (Å²) in [6.07, 6.45) is -3.47. The van der Waals surface area contributed by atoms with Crippen molar-refractivity contribution in [1.29, 1.82) is 0 Å². The molecule has 2 aromatic carbocycles. The number of hydrogen-bond acceptors (Lipinski definition) is 5. The Hall–Kier alpha value is -2.81. The van der Waals surface area contributed by atoms with Crippen LogP contribution in [0, 0.1) is 10.1 Å². The first kappa shape index (κ1) is 21.5. The molecule has 0 aliphatic rings. The van der Waals surface area contributed by atoms with E-state index in [2.05, 4.69) is 5.32 Å². The Labute approximate surface area is 160 Å². The van der Waals surface area contributed by atoms with E-state index in [0.717, 1.165) is 18.6 Å². The lowest BCUT2D eigenvalue weighted by Gasteiger charge is -2.11. The zero-order chi connectivity index (χ0) is 20.6. The van der Waals surface area contributed by atoms with Crippen molar-refractivity contribution in [2.75, 3.05) is 32.2 Å². The van der Waals surface area contributed by atoms with Crippen molar-refractivity contribution in [3.05, 3.63) is 63.7 Å². The van der Waals surface area contributed by atoms with Crippen molar-refractivity contribution in [1.82, 2.24) is 0 Å². The number of benzene rings is 2. The standard InChI is InChI=1S/C19H21F3N2O4/c1-27-10-3-9-23-16-6-7-17(24(25)26)18(13-16)28-11-8-14-4-2-5-15(12-14)19(20,21)22/h2,4-7,12-13,23H,3,8-11H2,1H3. The van der Waals surface area contributed by atoms with Crippen molar-refractivity contribution in [2.24, 2.45) is 0 Å². The van der Waals surface area contributed by atoms with Crippen molar-refractivity contribution in [3.63, 3.8) is 0 Å². The lowest BCUT2D eigenvalue weighted by Crippen LogP contribution is -2.08. The summed E-state index contributed by atoms with van der Waals surface area (Å²) < 4.78 is 48.8. The van der Waals surface area contributed by atoms with Gasteiger partial charge in [-0.3, -0.25) is 10.1 Å². The second-order valence-corrected chi connectivity index (χ2v) is 6.01. The highest BCUT2D eigenvalue weighted by Crippen LogP contribution is 2.31. The highest BCUT2D eigenvalue weighted by Gasteiger charge is 2.30. The minimum atomic E-state index is -4.42. The molecule has 0 saturated heterocycles. The number of hydrogen-bond donors (Lipinski definition) is 1. The fraction of sp³-hybridized carbons (Fsp3) is 0.368. The van der Waals surface area contributed by atoms with E-state index in [4.69, 9.17) is 9.47 Å². The van der Waals surface area contributed by atoms with Gasteiger partial charge in [-0.1, -0.05) is 18.2 Å². The number of methoxy groups -OCH3 is 1. The zero-order valence-corrected chi connectivity index (χ0v) is 15.3. The number of nitro benzene ring substituents is 1. The summed E-state index contributed by atoms with van der Waals surface area (Å²) in [5.74, 6) is 0.0636. The van der Waals surface area contributed by atoms with Crippen LogP contribution < -0.4 is 10.1 Å². The summed E-state index contributed by atoms with van der Waals surface area (Å²) in [6, 6.07) is 9.34. The molecule has 6 nitrogen and oxygen atoms in total. The number of halogens is 3. The molecule has 0 fully saturated rings.